The van der Waals surface area contributed by atoms with Gasteiger partial charge in [0, 0.05) is 27.6 Å². The summed E-state index contributed by atoms with van der Waals surface area (Å²) in [5, 5.41) is 2.82. The third-order valence-corrected chi connectivity index (χ3v) is 6.06. The molecule has 4 nitrogen and oxygen atoms in total. The van der Waals surface area contributed by atoms with Crippen LogP contribution in [0.2, 0.25) is 0 Å². The van der Waals surface area contributed by atoms with E-state index < -0.39 is 0 Å². The molecule has 1 saturated heterocycles. The lowest BCUT2D eigenvalue weighted by Crippen LogP contribution is -2.31. The van der Waals surface area contributed by atoms with E-state index in [1.165, 1.54) is 16.7 Å². The highest BCUT2D eigenvalue weighted by atomic mass is 79.9. The Labute approximate surface area is 183 Å². The fourth-order valence-corrected chi connectivity index (χ4v) is 4.57. The zero-order valence-corrected chi connectivity index (χ0v) is 18.8. The van der Waals surface area contributed by atoms with Gasteiger partial charge >= 0.3 is 0 Å². The van der Waals surface area contributed by atoms with Crippen LogP contribution in [0.4, 0.5) is 5.69 Å². The summed E-state index contributed by atoms with van der Waals surface area (Å²) in [6, 6.07) is 15.0. The van der Waals surface area contributed by atoms with Gasteiger partial charge in [0.2, 0.25) is 5.91 Å². The third-order valence-electron chi connectivity index (χ3n) is 3.69. The van der Waals surface area contributed by atoms with Gasteiger partial charge < -0.3 is 5.32 Å². The predicted octanol–water partition coefficient (Wildman–Crippen LogP) is 5.44. The fourth-order valence-electron chi connectivity index (χ4n) is 2.44. The number of nitrogens with zero attached hydrogens (tertiary/aromatic N) is 1. The minimum Gasteiger partial charge on any atom is -0.326 e. The van der Waals surface area contributed by atoms with Crippen LogP contribution in [0.15, 0.2) is 62.4 Å². The largest absolute Gasteiger partial charge is 0.326 e. The molecule has 0 bridgehead atoms. The van der Waals surface area contributed by atoms with Crippen molar-refractivity contribution in [1.29, 1.82) is 0 Å². The van der Waals surface area contributed by atoms with Crippen molar-refractivity contribution in [1.82, 2.24) is 4.90 Å². The normalized spacial score (nSPS) is 15.5. The molecule has 0 saturated carbocycles. The average molecular weight is 526 g/mol. The van der Waals surface area contributed by atoms with E-state index in [0.717, 1.165) is 14.5 Å². The fraction of sp³-hybridized carbons (Fsp3) is 0.105. The van der Waals surface area contributed by atoms with Crippen LogP contribution in [0.5, 0.6) is 0 Å². The van der Waals surface area contributed by atoms with Crippen LogP contribution in [-0.4, -0.2) is 27.6 Å². The quantitative estimate of drug-likeness (QED) is 0.417. The van der Waals surface area contributed by atoms with Crippen molar-refractivity contribution in [3.63, 3.8) is 0 Å². The van der Waals surface area contributed by atoms with E-state index in [-0.39, 0.29) is 24.8 Å². The van der Waals surface area contributed by atoms with Gasteiger partial charge in [0.15, 0.2) is 0 Å². The summed E-state index contributed by atoms with van der Waals surface area (Å²) in [6.07, 6.45) is 1.98. The summed E-state index contributed by atoms with van der Waals surface area (Å²) in [4.78, 5) is 26.8. The molecule has 2 aromatic rings. The maximum absolute atomic E-state index is 12.6. The second-order valence-electron chi connectivity index (χ2n) is 5.70. The number of thioether (sulfide) groups is 1. The van der Waals surface area contributed by atoms with Crippen molar-refractivity contribution in [3.8, 4) is 0 Å². The third kappa shape index (κ3) is 5.51. The van der Waals surface area contributed by atoms with Crippen LogP contribution < -0.4 is 5.32 Å². The molecule has 1 fully saturated rings. The summed E-state index contributed by atoms with van der Waals surface area (Å²) < 4.78 is 2.29. The SMILES string of the molecule is O=C(CCN1C(=O)/C(=C/c2cccc(Br)c2)SC1=S)Nc1cccc(Br)c1. The standard InChI is InChI=1S/C19H14Br2N2O2S2/c20-13-4-1-3-12(9-13)10-16-18(25)23(19(26)27-16)8-7-17(24)22-15-6-2-5-14(21)11-15/h1-6,9-11H,7-8H2,(H,22,24)/b16-10-. The Kier molecular flexibility index (Phi) is 6.86. The van der Waals surface area contributed by atoms with Crippen LogP contribution in [-0.2, 0) is 9.59 Å². The molecule has 1 N–H and O–H groups in total. The summed E-state index contributed by atoms with van der Waals surface area (Å²) in [5.41, 5.74) is 1.62. The molecule has 0 radical (unpaired) electrons. The first kappa shape index (κ1) is 20.3. The number of rotatable bonds is 5. The Balaban J connectivity index is 1.61. The van der Waals surface area contributed by atoms with E-state index >= 15 is 0 Å². The molecule has 0 atom stereocenters. The minimum absolute atomic E-state index is 0.166. The Morgan fingerprint density at radius 1 is 1.15 bits per heavy atom. The van der Waals surface area contributed by atoms with Crippen LogP contribution >= 0.6 is 55.8 Å². The second kappa shape index (κ2) is 9.14. The molecular weight excluding hydrogens is 512 g/mol. The first-order valence-corrected chi connectivity index (χ1v) is 10.8. The van der Waals surface area contributed by atoms with Gasteiger partial charge in [-0.1, -0.05) is 74.0 Å². The second-order valence-corrected chi connectivity index (χ2v) is 9.20. The van der Waals surface area contributed by atoms with E-state index in [2.05, 4.69) is 37.2 Å². The smallest absolute Gasteiger partial charge is 0.266 e. The zero-order valence-electron chi connectivity index (χ0n) is 13.9. The number of carbonyl (C=O) groups is 2. The van der Waals surface area contributed by atoms with Crippen molar-refractivity contribution in [3.05, 3.63) is 67.9 Å². The highest BCUT2D eigenvalue weighted by Gasteiger charge is 2.32. The average Bonchev–Trinajstić information content (AvgIpc) is 2.86. The minimum atomic E-state index is -0.168. The Hall–Kier alpha value is -1.48. The van der Waals surface area contributed by atoms with Crippen molar-refractivity contribution in [2.75, 3.05) is 11.9 Å². The molecule has 0 unspecified atom stereocenters. The first-order valence-electron chi connectivity index (χ1n) is 7.99. The molecule has 0 spiro atoms. The summed E-state index contributed by atoms with van der Waals surface area (Å²) >= 11 is 13.4. The van der Waals surface area contributed by atoms with E-state index in [4.69, 9.17) is 12.2 Å². The van der Waals surface area contributed by atoms with Crippen LogP contribution in [0, 0.1) is 0 Å². The summed E-state index contributed by atoms with van der Waals surface area (Å²) in [6.45, 7) is 0.250. The topological polar surface area (TPSA) is 49.4 Å². The van der Waals surface area contributed by atoms with Crippen molar-refractivity contribution in [2.45, 2.75) is 6.42 Å². The van der Waals surface area contributed by atoms with Gasteiger partial charge in [-0.15, -0.1) is 0 Å². The molecule has 1 aliphatic rings. The van der Waals surface area contributed by atoms with Gasteiger partial charge in [-0.25, -0.2) is 0 Å². The number of halogens is 2. The lowest BCUT2D eigenvalue weighted by Gasteiger charge is -2.14. The van der Waals surface area contributed by atoms with Gasteiger partial charge in [-0.3, -0.25) is 14.5 Å². The Morgan fingerprint density at radius 2 is 1.85 bits per heavy atom. The van der Waals surface area contributed by atoms with Gasteiger partial charge in [0.1, 0.15) is 4.32 Å². The van der Waals surface area contributed by atoms with Gasteiger partial charge in [-0.2, -0.15) is 0 Å². The number of benzene rings is 2. The number of nitrogens with one attached hydrogen (secondary N) is 1. The first-order chi connectivity index (χ1) is 12.9. The molecule has 1 aliphatic heterocycles. The molecule has 1 heterocycles. The summed E-state index contributed by atoms with van der Waals surface area (Å²) in [7, 11) is 0. The van der Waals surface area contributed by atoms with Crippen LogP contribution in [0.25, 0.3) is 6.08 Å². The maximum Gasteiger partial charge on any atom is 0.266 e. The number of hydrogen-bond acceptors (Lipinski definition) is 4. The van der Waals surface area contributed by atoms with E-state index in [0.29, 0.717) is 14.9 Å². The Bertz CT molecular complexity index is 947. The van der Waals surface area contributed by atoms with Crippen molar-refractivity contribution in [2.24, 2.45) is 0 Å². The highest BCUT2D eigenvalue weighted by molar-refractivity contribution is 9.10. The number of amides is 2. The molecule has 0 aliphatic carbocycles. The van der Waals surface area contributed by atoms with Gasteiger partial charge in [0.25, 0.3) is 5.91 Å². The van der Waals surface area contributed by atoms with E-state index in [1.807, 2.05) is 54.6 Å². The maximum atomic E-state index is 12.6. The zero-order chi connectivity index (χ0) is 19.4. The van der Waals surface area contributed by atoms with Crippen LogP contribution in [0.3, 0.4) is 0 Å². The van der Waals surface area contributed by atoms with Gasteiger partial charge in [0.05, 0.1) is 4.91 Å². The monoisotopic (exact) mass is 524 g/mol. The van der Waals surface area contributed by atoms with Crippen molar-refractivity contribution >= 4 is 83.7 Å². The Morgan fingerprint density at radius 3 is 2.56 bits per heavy atom. The molecule has 0 aromatic heterocycles. The van der Waals surface area contributed by atoms with E-state index in [1.54, 1.807) is 0 Å². The predicted molar refractivity (Wildman–Crippen MR) is 121 cm³/mol. The lowest BCUT2D eigenvalue weighted by atomic mass is 10.2. The number of thiocarbonyl (C=S) groups is 1. The van der Waals surface area contributed by atoms with Crippen LogP contribution in [0.1, 0.15) is 12.0 Å². The van der Waals surface area contributed by atoms with Crippen molar-refractivity contribution < 1.29 is 9.59 Å². The van der Waals surface area contributed by atoms with E-state index in [9.17, 15) is 9.59 Å². The highest BCUT2D eigenvalue weighted by Crippen LogP contribution is 2.33. The molecule has 3 rings (SSSR count). The molecule has 2 aromatic carbocycles. The van der Waals surface area contributed by atoms with Gasteiger partial charge in [-0.05, 0) is 42.0 Å². The molecular formula is C19H14Br2N2O2S2. The number of hydrogen-bond donors (Lipinski definition) is 1. The number of anilines is 1. The number of carbonyl (C=O) groups excluding carboxylic acids is 2. The molecule has 8 heteroatoms. The summed E-state index contributed by atoms with van der Waals surface area (Å²) in [5.74, 6) is -0.335. The molecule has 138 valence electrons. The molecule has 2 amide bonds. The lowest BCUT2D eigenvalue weighted by molar-refractivity contribution is -0.122. The molecule has 27 heavy (non-hydrogen) atoms.